The topological polar surface area (TPSA) is 0 Å². The molecule has 0 spiro atoms. The predicted octanol–water partition coefficient (Wildman–Crippen LogP) is 2.98. The Labute approximate surface area is 134 Å². The maximum absolute atomic E-state index is 2.33. The molecule has 1 aliphatic carbocycles. The van der Waals surface area contributed by atoms with E-state index in [9.17, 15) is 0 Å². The number of hydrogen-bond acceptors (Lipinski definition) is 0. The summed E-state index contributed by atoms with van der Waals surface area (Å²) in [6.07, 6.45) is 4.22. The molecular formula is C18H20Se2. The molecule has 0 radical (unpaired) electrons. The van der Waals surface area contributed by atoms with E-state index >= 15 is 0 Å². The van der Waals surface area contributed by atoms with Crippen LogP contribution in [0, 0.1) is 5.92 Å². The average molecular weight is 394 g/mol. The van der Waals surface area contributed by atoms with Gasteiger partial charge in [-0.15, -0.1) is 0 Å². The fourth-order valence-corrected chi connectivity index (χ4v) is 10.5. The Morgan fingerprint density at radius 1 is 0.900 bits per heavy atom. The van der Waals surface area contributed by atoms with Crippen molar-refractivity contribution in [2.45, 2.75) is 29.4 Å². The van der Waals surface area contributed by atoms with Crippen LogP contribution in [-0.4, -0.2) is 29.9 Å². The molecule has 0 heterocycles. The molecule has 0 aromatic heterocycles. The van der Waals surface area contributed by atoms with E-state index < -0.39 is 0 Å². The van der Waals surface area contributed by atoms with Gasteiger partial charge in [0.15, 0.2) is 0 Å². The molecule has 2 heteroatoms. The summed E-state index contributed by atoms with van der Waals surface area (Å²) < 4.78 is 3.81. The molecule has 1 atom stereocenters. The van der Waals surface area contributed by atoms with E-state index in [0.29, 0.717) is 33.1 Å². The van der Waals surface area contributed by atoms with Crippen LogP contribution in [0.25, 0.3) is 0 Å². The summed E-state index contributed by atoms with van der Waals surface area (Å²) in [5.74, 6) is 0.980. The van der Waals surface area contributed by atoms with Gasteiger partial charge in [0, 0.05) is 0 Å². The Morgan fingerprint density at radius 3 is 1.85 bits per heavy atom. The molecule has 20 heavy (non-hydrogen) atoms. The van der Waals surface area contributed by atoms with Crippen LogP contribution in [0.15, 0.2) is 60.7 Å². The summed E-state index contributed by atoms with van der Waals surface area (Å²) in [6, 6.07) is 22.3. The summed E-state index contributed by atoms with van der Waals surface area (Å²) in [7, 11) is 0. The SMILES string of the molecule is CCCC1CC1([Se]c1ccccc1)[Se]c1ccccc1. The van der Waals surface area contributed by atoms with E-state index in [1.54, 1.807) is 8.92 Å². The Kier molecular flexibility index (Phi) is 4.68. The van der Waals surface area contributed by atoms with Gasteiger partial charge >= 0.3 is 135 Å². The van der Waals surface area contributed by atoms with Crippen LogP contribution in [0.1, 0.15) is 26.2 Å². The molecule has 0 amide bonds. The molecule has 2 aromatic rings. The molecule has 1 aliphatic rings. The third-order valence-electron chi connectivity index (χ3n) is 3.70. The summed E-state index contributed by atoms with van der Waals surface area (Å²) in [6.45, 7) is 2.33. The van der Waals surface area contributed by atoms with E-state index in [1.165, 1.54) is 19.3 Å². The van der Waals surface area contributed by atoms with Crippen molar-refractivity contribution < 1.29 is 0 Å². The summed E-state index contributed by atoms with van der Waals surface area (Å²) in [5.41, 5.74) is 0. The third-order valence-corrected chi connectivity index (χ3v) is 11.2. The standard InChI is InChI=1S/C18H20Se2/c1-2-9-15-14-18(15,19-16-10-5-3-6-11-16)20-17-12-7-4-8-13-17/h3-8,10-13,15H,2,9,14H2,1H3. The first-order valence-electron chi connectivity index (χ1n) is 7.30. The molecule has 0 saturated heterocycles. The molecule has 0 aliphatic heterocycles. The van der Waals surface area contributed by atoms with Crippen LogP contribution in [0.4, 0.5) is 0 Å². The first-order chi connectivity index (χ1) is 9.82. The van der Waals surface area contributed by atoms with Gasteiger partial charge in [0.05, 0.1) is 0 Å². The van der Waals surface area contributed by atoms with Crippen LogP contribution in [0.3, 0.4) is 0 Å². The quantitative estimate of drug-likeness (QED) is 0.661. The summed E-state index contributed by atoms with van der Waals surface area (Å²) >= 11 is 1.26. The Balaban J connectivity index is 1.76. The molecule has 0 nitrogen and oxygen atoms in total. The molecule has 1 unspecified atom stereocenters. The van der Waals surface area contributed by atoms with E-state index in [0.717, 1.165) is 5.92 Å². The van der Waals surface area contributed by atoms with E-state index in [4.69, 9.17) is 0 Å². The van der Waals surface area contributed by atoms with Gasteiger partial charge in [0.2, 0.25) is 0 Å². The van der Waals surface area contributed by atoms with E-state index in [-0.39, 0.29) is 0 Å². The van der Waals surface area contributed by atoms with Gasteiger partial charge in [-0.05, 0) is 0 Å². The second kappa shape index (κ2) is 6.50. The Bertz CT molecular complexity index is 494. The third kappa shape index (κ3) is 3.38. The molecule has 1 saturated carbocycles. The minimum atomic E-state index is 0.629. The van der Waals surface area contributed by atoms with E-state index in [2.05, 4.69) is 67.6 Å². The molecule has 1 fully saturated rings. The van der Waals surface area contributed by atoms with Crippen molar-refractivity contribution in [2.24, 2.45) is 5.92 Å². The molecule has 2 aromatic carbocycles. The zero-order chi connectivity index (χ0) is 13.8. The van der Waals surface area contributed by atoms with Gasteiger partial charge in [0.25, 0.3) is 0 Å². The zero-order valence-electron chi connectivity index (χ0n) is 11.8. The normalized spacial score (nSPS) is 19.8. The van der Waals surface area contributed by atoms with Crippen molar-refractivity contribution >= 4 is 38.8 Å². The number of benzene rings is 2. The molecule has 104 valence electrons. The monoisotopic (exact) mass is 396 g/mol. The number of rotatable bonds is 6. The Hall–Kier alpha value is -0.521. The first kappa shape index (κ1) is 14.4. The van der Waals surface area contributed by atoms with Crippen molar-refractivity contribution in [3.8, 4) is 0 Å². The van der Waals surface area contributed by atoms with Crippen LogP contribution < -0.4 is 8.92 Å². The fraction of sp³-hybridized carbons (Fsp3) is 0.333. The second-order valence-electron chi connectivity index (χ2n) is 5.33. The molecule has 0 bridgehead atoms. The van der Waals surface area contributed by atoms with Crippen LogP contribution in [-0.2, 0) is 0 Å². The first-order valence-corrected chi connectivity index (χ1v) is 10.7. The van der Waals surface area contributed by atoms with Crippen molar-refractivity contribution in [1.29, 1.82) is 0 Å². The van der Waals surface area contributed by atoms with Gasteiger partial charge < -0.3 is 0 Å². The van der Waals surface area contributed by atoms with Crippen LogP contribution in [0.5, 0.6) is 0 Å². The van der Waals surface area contributed by atoms with Gasteiger partial charge in [-0.1, -0.05) is 0 Å². The molecule has 0 N–H and O–H groups in total. The zero-order valence-corrected chi connectivity index (χ0v) is 15.2. The van der Waals surface area contributed by atoms with Crippen molar-refractivity contribution in [2.75, 3.05) is 0 Å². The van der Waals surface area contributed by atoms with Crippen molar-refractivity contribution in [3.05, 3.63) is 60.7 Å². The van der Waals surface area contributed by atoms with Crippen LogP contribution in [0.2, 0.25) is 3.21 Å². The number of hydrogen-bond donors (Lipinski definition) is 0. The maximum atomic E-state index is 2.33. The van der Waals surface area contributed by atoms with Gasteiger partial charge in [0.1, 0.15) is 0 Å². The summed E-state index contributed by atoms with van der Waals surface area (Å²) in [4.78, 5) is 0. The predicted molar refractivity (Wildman–Crippen MR) is 89.4 cm³/mol. The molecule has 3 rings (SSSR count). The van der Waals surface area contributed by atoms with Gasteiger partial charge in [-0.2, -0.15) is 0 Å². The second-order valence-corrected chi connectivity index (χ2v) is 12.5. The van der Waals surface area contributed by atoms with Crippen molar-refractivity contribution in [3.63, 3.8) is 0 Å². The molecular weight excluding hydrogens is 374 g/mol. The Morgan fingerprint density at radius 2 is 1.40 bits per heavy atom. The summed E-state index contributed by atoms with van der Waals surface area (Å²) in [5, 5.41) is 0. The van der Waals surface area contributed by atoms with Crippen LogP contribution >= 0.6 is 0 Å². The fourth-order valence-electron chi connectivity index (χ4n) is 2.60. The van der Waals surface area contributed by atoms with E-state index in [1.807, 2.05) is 0 Å². The minimum absolute atomic E-state index is 0.629. The average Bonchev–Trinajstić information content (AvgIpc) is 3.13. The van der Waals surface area contributed by atoms with Gasteiger partial charge in [-0.25, -0.2) is 0 Å². The van der Waals surface area contributed by atoms with Crippen molar-refractivity contribution in [1.82, 2.24) is 0 Å². The van der Waals surface area contributed by atoms with Gasteiger partial charge in [-0.3, -0.25) is 0 Å².